The predicted octanol–water partition coefficient (Wildman–Crippen LogP) is 5.23. The Labute approximate surface area is 157 Å². The van der Waals surface area contributed by atoms with Crippen molar-refractivity contribution < 1.29 is 19.4 Å². The largest absolute Gasteiger partial charge is 0.478 e. The van der Waals surface area contributed by atoms with Crippen LogP contribution >= 0.6 is 0 Å². The summed E-state index contributed by atoms with van der Waals surface area (Å²) >= 11 is 0. The van der Waals surface area contributed by atoms with Crippen LogP contribution in [-0.2, 0) is 4.79 Å². The van der Waals surface area contributed by atoms with Gasteiger partial charge in [-0.2, -0.15) is 0 Å². The highest BCUT2D eigenvalue weighted by atomic mass is 16.5. The monoisotopic (exact) mass is 358 g/mol. The first-order valence-electron chi connectivity index (χ1n) is 8.40. The van der Waals surface area contributed by atoms with Gasteiger partial charge in [0.2, 0.25) is 0 Å². The molecule has 0 saturated carbocycles. The molecule has 0 fully saturated rings. The molecule has 0 bridgehead atoms. The van der Waals surface area contributed by atoms with E-state index in [-0.39, 0.29) is 5.57 Å². The van der Waals surface area contributed by atoms with Crippen LogP contribution in [0, 0.1) is 6.92 Å². The molecular formula is C23H18O4. The summed E-state index contributed by atoms with van der Waals surface area (Å²) in [5.74, 6) is 0.188. The minimum atomic E-state index is -0.992. The molecule has 0 atom stereocenters. The fourth-order valence-electron chi connectivity index (χ4n) is 2.55. The van der Waals surface area contributed by atoms with E-state index in [4.69, 9.17) is 4.74 Å². The molecule has 4 heteroatoms. The van der Waals surface area contributed by atoms with Crippen LogP contribution in [-0.4, -0.2) is 17.4 Å². The summed E-state index contributed by atoms with van der Waals surface area (Å²) in [4.78, 5) is 22.4. The van der Waals surface area contributed by atoms with Gasteiger partial charge in [0.05, 0.1) is 5.57 Å². The van der Waals surface area contributed by atoms with Gasteiger partial charge in [-0.15, -0.1) is 0 Å². The fraction of sp³-hybridized carbons (Fsp3) is 0.0435. The Morgan fingerprint density at radius 2 is 1.33 bits per heavy atom. The van der Waals surface area contributed by atoms with Crippen LogP contribution in [0.1, 0.15) is 27.0 Å². The molecule has 0 heterocycles. The maximum Gasteiger partial charge on any atom is 0.336 e. The van der Waals surface area contributed by atoms with Gasteiger partial charge in [0, 0.05) is 5.56 Å². The van der Waals surface area contributed by atoms with Gasteiger partial charge in [0.1, 0.15) is 17.8 Å². The molecule has 0 aliphatic carbocycles. The summed E-state index contributed by atoms with van der Waals surface area (Å²) in [6.45, 7) is 1.98. The highest BCUT2D eigenvalue weighted by Gasteiger charge is 2.11. The van der Waals surface area contributed by atoms with Crippen LogP contribution in [0.5, 0.6) is 11.5 Å². The SMILES string of the molecule is Cc1ccc(C=C(C(=O)O)c2ccc(Oc3ccc(C=O)cc3)cc2)cc1. The first kappa shape index (κ1) is 18.1. The van der Waals surface area contributed by atoms with E-state index in [1.54, 1.807) is 54.6 Å². The number of carboxylic acids is 1. The van der Waals surface area contributed by atoms with Crippen LogP contribution in [0.3, 0.4) is 0 Å². The number of carboxylic acid groups (broad SMARTS) is 1. The van der Waals surface area contributed by atoms with Gasteiger partial charge < -0.3 is 9.84 Å². The lowest BCUT2D eigenvalue weighted by Crippen LogP contribution is -1.99. The molecule has 0 amide bonds. The van der Waals surface area contributed by atoms with Gasteiger partial charge in [-0.05, 0) is 60.5 Å². The summed E-state index contributed by atoms with van der Waals surface area (Å²) in [6.07, 6.45) is 2.42. The second-order valence-corrected chi connectivity index (χ2v) is 6.09. The number of hydrogen-bond donors (Lipinski definition) is 1. The van der Waals surface area contributed by atoms with E-state index in [0.717, 1.165) is 17.4 Å². The predicted molar refractivity (Wildman–Crippen MR) is 105 cm³/mol. The van der Waals surface area contributed by atoms with Crippen LogP contribution in [0.4, 0.5) is 0 Å². The number of benzene rings is 3. The molecular weight excluding hydrogens is 340 g/mol. The molecule has 4 nitrogen and oxygen atoms in total. The van der Waals surface area contributed by atoms with Crippen LogP contribution < -0.4 is 4.74 Å². The Balaban J connectivity index is 1.81. The summed E-state index contributed by atoms with van der Waals surface area (Å²) in [7, 11) is 0. The first-order chi connectivity index (χ1) is 13.0. The van der Waals surface area contributed by atoms with Gasteiger partial charge >= 0.3 is 5.97 Å². The quantitative estimate of drug-likeness (QED) is 0.372. The van der Waals surface area contributed by atoms with Gasteiger partial charge in [-0.1, -0.05) is 42.0 Å². The van der Waals surface area contributed by atoms with E-state index in [9.17, 15) is 14.7 Å². The van der Waals surface area contributed by atoms with E-state index in [0.29, 0.717) is 22.6 Å². The maximum atomic E-state index is 11.7. The summed E-state index contributed by atoms with van der Waals surface area (Å²) in [5.41, 5.74) is 3.32. The van der Waals surface area contributed by atoms with E-state index in [1.807, 2.05) is 31.2 Å². The van der Waals surface area contributed by atoms with Crippen LogP contribution in [0.15, 0.2) is 72.8 Å². The molecule has 27 heavy (non-hydrogen) atoms. The topological polar surface area (TPSA) is 63.6 Å². The maximum absolute atomic E-state index is 11.7. The van der Waals surface area contributed by atoms with Crippen molar-refractivity contribution in [1.29, 1.82) is 0 Å². The number of aldehydes is 1. The molecule has 0 spiro atoms. The first-order valence-corrected chi connectivity index (χ1v) is 8.40. The lowest BCUT2D eigenvalue weighted by Gasteiger charge is -2.08. The average molecular weight is 358 g/mol. The molecule has 3 aromatic rings. The van der Waals surface area contributed by atoms with E-state index >= 15 is 0 Å². The zero-order valence-corrected chi connectivity index (χ0v) is 14.8. The second-order valence-electron chi connectivity index (χ2n) is 6.09. The summed E-state index contributed by atoms with van der Waals surface area (Å²) in [5, 5.41) is 9.57. The smallest absolute Gasteiger partial charge is 0.336 e. The van der Waals surface area contributed by atoms with Crippen molar-refractivity contribution in [3.63, 3.8) is 0 Å². The number of rotatable bonds is 6. The molecule has 0 aromatic heterocycles. The minimum Gasteiger partial charge on any atom is -0.478 e. The minimum absolute atomic E-state index is 0.209. The van der Waals surface area contributed by atoms with Crippen molar-refractivity contribution in [3.8, 4) is 11.5 Å². The van der Waals surface area contributed by atoms with Crippen molar-refractivity contribution >= 4 is 23.9 Å². The number of hydrogen-bond acceptors (Lipinski definition) is 3. The third-order valence-electron chi connectivity index (χ3n) is 4.04. The molecule has 0 saturated heterocycles. The standard InChI is InChI=1S/C23H18O4/c1-16-2-4-17(5-3-16)14-22(23(25)26)19-8-12-21(13-9-19)27-20-10-6-18(15-24)7-11-20/h2-15H,1H3,(H,25,26). The number of aliphatic carboxylic acids is 1. The summed E-state index contributed by atoms with van der Waals surface area (Å²) < 4.78 is 5.72. The lowest BCUT2D eigenvalue weighted by molar-refractivity contribution is -0.130. The zero-order valence-electron chi connectivity index (χ0n) is 14.8. The third-order valence-corrected chi connectivity index (χ3v) is 4.04. The van der Waals surface area contributed by atoms with Crippen molar-refractivity contribution in [3.05, 3.63) is 95.1 Å². The van der Waals surface area contributed by atoms with Crippen molar-refractivity contribution in [2.45, 2.75) is 6.92 Å². The zero-order chi connectivity index (χ0) is 19.2. The van der Waals surface area contributed by atoms with Crippen LogP contribution in [0.25, 0.3) is 11.6 Å². The number of ether oxygens (including phenoxy) is 1. The van der Waals surface area contributed by atoms with Crippen molar-refractivity contribution in [2.24, 2.45) is 0 Å². The Morgan fingerprint density at radius 3 is 1.85 bits per heavy atom. The highest BCUT2D eigenvalue weighted by molar-refractivity contribution is 6.20. The number of aryl methyl sites for hydroxylation is 1. The second kappa shape index (κ2) is 8.15. The van der Waals surface area contributed by atoms with E-state index in [2.05, 4.69) is 0 Å². The van der Waals surface area contributed by atoms with Crippen molar-refractivity contribution in [2.75, 3.05) is 0 Å². The molecule has 3 aromatic carbocycles. The Kier molecular flexibility index (Phi) is 5.47. The molecule has 0 unspecified atom stereocenters. The van der Waals surface area contributed by atoms with Gasteiger partial charge in [-0.25, -0.2) is 4.79 Å². The van der Waals surface area contributed by atoms with E-state index < -0.39 is 5.97 Å². The molecule has 0 aliphatic rings. The molecule has 3 rings (SSSR count). The summed E-state index contributed by atoms with van der Waals surface area (Å²) in [6, 6.07) is 21.3. The molecule has 0 aliphatic heterocycles. The van der Waals surface area contributed by atoms with Crippen LogP contribution in [0.2, 0.25) is 0 Å². The molecule has 0 radical (unpaired) electrons. The van der Waals surface area contributed by atoms with Gasteiger partial charge in [-0.3, -0.25) is 4.79 Å². The van der Waals surface area contributed by atoms with Gasteiger partial charge in [0.15, 0.2) is 0 Å². The van der Waals surface area contributed by atoms with Gasteiger partial charge in [0.25, 0.3) is 0 Å². The average Bonchev–Trinajstić information content (AvgIpc) is 2.69. The number of carbonyl (C=O) groups is 2. The molecule has 1 N–H and O–H groups in total. The molecule has 134 valence electrons. The Hall–Kier alpha value is -3.66. The van der Waals surface area contributed by atoms with Crippen molar-refractivity contribution in [1.82, 2.24) is 0 Å². The van der Waals surface area contributed by atoms with E-state index in [1.165, 1.54) is 0 Å². The Morgan fingerprint density at radius 1 is 0.815 bits per heavy atom. The highest BCUT2D eigenvalue weighted by Crippen LogP contribution is 2.25. The lowest BCUT2D eigenvalue weighted by atomic mass is 10.0. The normalized spacial score (nSPS) is 11.1. The fourth-order valence-corrected chi connectivity index (χ4v) is 2.55. The Bertz CT molecular complexity index is 966. The third kappa shape index (κ3) is 4.70. The number of carbonyl (C=O) groups excluding carboxylic acids is 1.